The minimum absolute atomic E-state index is 0. The molecule has 0 aromatic heterocycles. The highest BCUT2D eigenvalue weighted by molar-refractivity contribution is 14.0. The Hall–Kier alpha value is -1.80. The molecular formula is C20H26IN3O2. The van der Waals surface area contributed by atoms with Crippen molar-refractivity contribution >= 4 is 35.6 Å². The first-order chi connectivity index (χ1) is 12.2. The van der Waals surface area contributed by atoms with Gasteiger partial charge in [-0.25, -0.2) is 4.99 Å². The Morgan fingerprint density at radius 3 is 2.73 bits per heavy atom. The van der Waals surface area contributed by atoms with Crippen molar-refractivity contribution in [1.82, 2.24) is 5.32 Å². The summed E-state index contributed by atoms with van der Waals surface area (Å²) in [7, 11) is 1.61. The van der Waals surface area contributed by atoms with E-state index in [1.807, 2.05) is 37.3 Å². The summed E-state index contributed by atoms with van der Waals surface area (Å²) in [5.74, 6) is 1.49. The number of anilines is 1. The predicted molar refractivity (Wildman–Crippen MR) is 117 cm³/mol. The Kier molecular flexibility index (Phi) is 7.71. The molecule has 0 spiro atoms. The van der Waals surface area contributed by atoms with Gasteiger partial charge in [-0.2, -0.15) is 0 Å². The topological polar surface area (TPSA) is 57.1 Å². The van der Waals surface area contributed by atoms with E-state index < -0.39 is 6.10 Å². The van der Waals surface area contributed by atoms with E-state index in [-0.39, 0.29) is 30.5 Å². The second-order valence-electron chi connectivity index (χ2n) is 5.98. The Labute approximate surface area is 172 Å². The van der Waals surface area contributed by atoms with Gasteiger partial charge >= 0.3 is 0 Å². The third-order valence-electron chi connectivity index (χ3n) is 4.39. The van der Waals surface area contributed by atoms with Gasteiger partial charge in [0.1, 0.15) is 11.9 Å². The summed E-state index contributed by atoms with van der Waals surface area (Å²) in [6.45, 7) is 4.01. The summed E-state index contributed by atoms with van der Waals surface area (Å²) in [4.78, 5) is 6.86. The fourth-order valence-corrected chi connectivity index (χ4v) is 3.17. The molecule has 0 amide bonds. The van der Waals surface area contributed by atoms with Crippen LogP contribution in [0.5, 0.6) is 5.75 Å². The summed E-state index contributed by atoms with van der Waals surface area (Å²) in [5.41, 5.74) is 3.28. The molecule has 3 rings (SSSR count). The molecule has 2 aromatic carbocycles. The number of aliphatic hydroxyl groups excluding tert-OH is 1. The second-order valence-corrected chi connectivity index (χ2v) is 5.98. The molecule has 5 nitrogen and oxygen atoms in total. The average molecular weight is 467 g/mol. The number of fused-ring (bicyclic) bond motifs is 1. The number of hydrogen-bond acceptors (Lipinski definition) is 3. The lowest BCUT2D eigenvalue weighted by Crippen LogP contribution is -2.40. The van der Waals surface area contributed by atoms with Crippen LogP contribution in [0.3, 0.4) is 0 Å². The van der Waals surface area contributed by atoms with Crippen LogP contribution < -0.4 is 15.0 Å². The molecule has 1 unspecified atom stereocenters. The van der Waals surface area contributed by atoms with Crippen LogP contribution in [0.1, 0.15) is 24.2 Å². The first-order valence-electron chi connectivity index (χ1n) is 8.69. The number of halogens is 1. The van der Waals surface area contributed by atoms with Crippen LogP contribution in [0, 0.1) is 0 Å². The molecule has 1 heterocycles. The first-order valence-corrected chi connectivity index (χ1v) is 8.69. The average Bonchev–Trinajstić information content (AvgIpc) is 3.09. The van der Waals surface area contributed by atoms with Crippen LogP contribution in [-0.2, 0) is 6.42 Å². The van der Waals surface area contributed by atoms with Gasteiger partial charge in [0.25, 0.3) is 0 Å². The van der Waals surface area contributed by atoms with Crippen molar-refractivity contribution in [3.8, 4) is 5.75 Å². The number of para-hydroxylation sites is 2. The Morgan fingerprint density at radius 2 is 1.96 bits per heavy atom. The van der Waals surface area contributed by atoms with Crippen molar-refractivity contribution in [2.45, 2.75) is 19.4 Å². The van der Waals surface area contributed by atoms with Crippen LogP contribution in [0.4, 0.5) is 5.69 Å². The van der Waals surface area contributed by atoms with Gasteiger partial charge in [-0.15, -0.1) is 24.0 Å². The predicted octanol–water partition coefficient (Wildman–Crippen LogP) is 3.37. The number of aliphatic hydroxyl groups is 1. The number of ether oxygens (including phenoxy) is 1. The van der Waals surface area contributed by atoms with Gasteiger partial charge in [-0.1, -0.05) is 36.4 Å². The summed E-state index contributed by atoms with van der Waals surface area (Å²) in [5, 5.41) is 13.9. The van der Waals surface area contributed by atoms with E-state index in [9.17, 15) is 5.11 Å². The van der Waals surface area contributed by atoms with Crippen LogP contribution in [-0.4, -0.2) is 37.8 Å². The molecule has 0 saturated heterocycles. The fraction of sp³-hybridized carbons (Fsp3) is 0.350. The van der Waals surface area contributed by atoms with Gasteiger partial charge in [0.15, 0.2) is 5.96 Å². The molecule has 0 saturated carbocycles. The molecule has 1 aliphatic rings. The SMILES string of the molecule is CCNC(=NCC(O)c1ccccc1OC)N1CCc2ccccc21.I. The van der Waals surface area contributed by atoms with Crippen molar-refractivity contribution in [3.05, 3.63) is 59.7 Å². The maximum absolute atomic E-state index is 10.6. The zero-order chi connectivity index (χ0) is 17.6. The number of aliphatic imine (C=N–C) groups is 1. The van der Waals surface area contributed by atoms with Gasteiger partial charge in [-0.05, 0) is 31.0 Å². The van der Waals surface area contributed by atoms with E-state index in [4.69, 9.17) is 4.74 Å². The van der Waals surface area contributed by atoms with E-state index in [2.05, 4.69) is 33.4 Å². The van der Waals surface area contributed by atoms with Crippen LogP contribution in [0.15, 0.2) is 53.5 Å². The highest BCUT2D eigenvalue weighted by Gasteiger charge is 2.23. The molecule has 1 aliphatic heterocycles. The lowest BCUT2D eigenvalue weighted by molar-refractivity contribution is 0.182. The highest BCUT2D eigenvalue weighted by atomic mass is 127. The largest absolute Gasteiger partial charge is 0.496 e. The molecule has 0 fully saturated rings. The number of hydrogen-bond donors (Lipinski definition) is 2. The van der Waals surface area contributed by atoms with Crippen molar-refractivity contribution in [2.75, 3.05) is 31.6 Å². The second kappa shape index (κ2) is 9.78. The zero-order valence-corrected chi connectivity index (χ0v) is 17.5. The molecular weight excluding hydrogens is 441 g/mol. The quantitative estimate of drug-likeness (QED) is 0.402. The van der Waals surface area contributed by atoms with E-state index in [1.54, 1.807) is 7.11 Å². The van der Waals surface area contributed by atoms with E-state index >= 15 is 0 Å². The van der Waals surface area contributed by atoms with Crippen molar-refractivity contribution in [2.24, 2.45) is 4.99 Å². The number of nitrogens with zero attached hydrogens (tertiary/aromatic N) is 2. The number of guanidine groups is 1. The normalized spacial score (nSPS) is 14.4. The maximum atomic E-state index is 10.6. The molecule has 6 heteroatoms. The summed E-state index contributed by atoms with van der Waals surface area (Å²) in [6, 6.07) is 15.9. The summed E-state index contributed by atoms with van der Waals surface area (Å²) >= 11 is 0. The summed E-state index contributed by atoms with van der Waals surface area (Å²) < 4.78 is 5.33. The lowest BCUT2D eigenvalue weighted by atomic mass is 10.1. The van der Waals surface area contributed by atoms with Crippen molar-refractivity contribution in [1.29, 1.82) is 0 Å². The molecule has 1 atom stereocenters. The minimum Gasteiger partial charge on any atom is -0.496 e. The monoisotopic (exact) mass is 467 g/mol. The van der Waals surface area contributed by atoms with E-state index in [1.165, 1.54) is 11.3 Å². The van der Waals surface area contributed by atoms with Gasteiger partial charge in [0.2, 0.25) is 0 Å². The molecule has 0 aliphatic carbocycles. The van der Waals surface area contributed by atoms with Crippen molar-refractivity contribution in [3.63, 3.8) is 0 Å². The number of benzene rings is 2. The van der Waals surface area contributed by atoms with Crippen molar-refractivity contribution < 1.29 is 9.84 Å². The van der Waals surface area contributed by atoms with Crippen LogP contribution >= 0.6 is 24.0 Å². The van der Waals surface area contributed by atoms with Crippen LogP contribution in [0.2, 0.25) is 0 Å². The number of rotatable bonds is 5. The Bertz CT molecular complexity index is 751. The third kappa shape index (κ3) is 4.48. The zero-order valence-electron chi connectivity index (χ0n) is 15.2. The smallest absolute Gasteiger partial charge is 0.198 e. The highest BCUT2D eigenvalue weighted by Crippen LogP contribution is 2.28. The molecule has 2 N–H and O–H groups in total. The third-order valence-corrected chi connectivity index (χ3v) is 4.39. The summed E-state index contributed by atoms with van der Waals surface area (Å²) in [6.07, 6.45) is 0.304. The Morgan fingerprint density at radius 1 is 1.23 bits per heavy atom. The Balaban J connectivity index is 0.00000243. The van der Waals surface area contributed by atoms with Gasteiger partial charge in [0, 0.05) is 24.3 Å². The number of nitrogens with one attached hydrogen (secondary N) is 1. The molecule has 0 bridgehead atoms. The van der Waals surface area contributed by atoms with E-state index in [0.29, 0.717) is 5.75 Å². The standard InChI is InChI=1S/C20H25N3O2.HI/c1-3-21-20(23-13-12-15-8-4-6-10-17(15)23)22-14-18(24)16-9-5-7-11-19(16)25-2;/h4-11,18,24H,3,12-14H2,1-2H3,(H,21,22);1H. The first kappa shape index (κ1) is 20.5. The molecule has 26 heavy (non-hydrogen) atoms. The fourth-order valence-electron chi connectivity index (χ4n) is 3.17. The van der Waals surface area contributed by atoms with E-state index in [0.717, 1.165) is 31.0 Å². The molecule has 0 radical (unpaired) electrons. The maximum Gasteiger partial charge on any atom is 0.198 e. The molecule has 140 valence electrons. The molecule has 2 aromatic rings. The van der Waals surface area contributed by atoms with Gasteiger partial charge < -0.3 is 20.1 Å². The minimum atomic E-state index is -0.706. The van der Waals surface area contributed by atoms with Gasteiger partial charge in [-0.3, -0.25) is 0 Å². The van der Waals surface area contributed by atoms with Gasteiger partial charge in [0.05, 0.1) is 13.7 Å². The number of methoxy groups -OCH3 is 1. The van der Waals surface area contributed by atoms with Crippen LogP contribution in [0.25, 0.3) is 0 Å². The lowest BCUT2D eigenvalue weighted by Gasteiger charge is -2.23.